The second-order valence-corrected chi connectivity index (χ2v) is 4.25. The summed E-state index contributed by atoms with van der Waals surface area (Å²) in [5, 5.41) is 4.40. The van der Waals surface area contributed by atoms with Crippen LogP contribution in [0.15, 0.2) is 24.3 Å². The highest BCUT2D eigenvalue weighted by Gasteiger charge is 2.12. The highest BCUT2D eigenvalue weighted by molar-refractivity contribution is 5.56. The molecule has 90 valence electrons. The molecule has 0 saturated heterocycles. The van der Waals surface area contributed by atoms with E-state index in [1.807, 2.05) is 35.9 Å². The summed E-state index contributed by atoms with van der Waals surface area (Å²) in [6.45, 7) is 6.11. The molecule has 0 aliphatic rings. The van der Waals surface area contributed by atoms with Crippen LogP contribution >= 0.6 is 0 Å². The van der Waals surface area contributed by atoms with Crippen LogP contribution in [0, 0.1) is 6.92 Å². The highest BCUT2D eigenvalue weighted by Crippen LogP contribution is 2.23. The number of benzene rings is 1. The lowest BCUT2D eigenvalue weighted by molar-refractivity contribution is 0.415. The largest absolute Gasteiger partial charge is 0.497 e. The summed E-state index contributed by atoms with van der Waals surface area (Å²) in [6.07, 6.45) is 0. The molecule has 0 unspecified atom stereocenters. The van der Waals surface area contributed by atoms with Crippen molar-refractivity contribution in [3.05, 3.63) is 30.1 Å². The maximum atomic E-state index is 5.15. The first-order valence-electron chi connectivity index (χ1n) is 5.69. The Kier molecular flexibility index (Phi) is 3.13. The molecule has 0 N–H and O–H groups in total. The first-order valence-corrected chi connectivity index (χ1v) is 5.69. The van der Waals surface area contributed by atoms with E-state index in [2.05, 4.69) is 23.9 Å². The van der Waals surface area contributed by atoms with E-state index in [1.54, 1.807) is 7.11 Å². The molecule has 1 aromatic heterocycles. The van der Waals surface area contributed by atoms with Gasteiger partial charge in [0, 0.05) is 11.6 Å². The zero-order valence-corrected chi connectivity index (χ0v) is 10.6. The molecule has 0 radical (unpaired) electrons. The molecule has 0 bridgehead atoms. The number of methoxy groups -OCH3 is 1. The van der Waals surface area contributed by atoms with Crippen molar-refractivity contribution < 1.29 is 4.74 Å². The van der Waals surface area contributed by atoms with Crippen molar-refractivity contribution in [2.75, 3.05) is 7.11 Å². The van der Waals surface area contributed by atoms with Crippen LogP contribution in [0.25, 0.3) is 11.4 Å². The molecule has 0 atom stereocenters. The Morgan fingerprint density at radius 3 is 2.35 bits per heavy atom. The fourth-order valence-electron chi connectivity index (χ4n) is 1.73. The van der Waals surface area contributed by atoms with Crippen LogP contribution in [0.5, 0.6) is 5.75 Å². The molecule has 4 heteroatoms. The molecule has 2 aromatic rings. The minimum absolute atomic E-state index is 0.299. The van der Waals surface area contributed by atoms with Gasteiger partial charge >= 0.3 is 0 Å². The molecule has 0 aliphatic carbocycles. The number of hydrogen-bond acceptors (Lipinski definition) is 3. The maximum absolute atomic E-state index is 5.15. The van der Waals surface area contributed by atoms with E-state index in [4.69, 9.17) is 4.74 Å². The number of nitrogens with zero attached hydrogens (tertiary/aromatic N) is 3. The minimum Gasteiger partial charge on any atom is -0.497 e. The summed E-state index contributed by atoms with van der Waals surface area (Å²) in [6, 6.07) is 8.17. The van der Waals surface area contributed by atoms with Crippen molar-refractivity contribution >= 4 is 0 Å². The quantitative estimate of drug-likeness (QED) is 0.815. The highest BCUT2D eigenvalue weighted by atomic mass is 16.5. The Morgan fingerprint density at radius 2 is 1.82 bits per heavy atom. The van der Waals surface area contributed by atoms with Crippen LogP contribution in [0.4, 0.5) is 0 Å². The van der Waals surface area contributed by atoms with Gasteiger partial charge in [-0.2, -0.15) is 5.10 Å². The summed E-state index contributed by atoms with van der Waals surface area (Å²) >= 11 is 0. The van der Waals surface area contributed by atoms with Crippen LogP contribution in [0.2, 0.25) is 0 Å². The number of aromatic nitrogens is 3. The molecule has 1 aromatic carbocycles. The van der Waals surface area contributed by atoms with Crippen LogP contribution < -0.4 is 4.74 Å². The third-order valence-corrected chi connectivity index (χ3v) is 2.57. The Bertz CT molecular complexity index is 500. The molecule has 2 rings (SSSR count). The molecule has 0 amide bonds. The fraction of sp³-hybridized carbons (Fsp3) is 0.385. The molecule has 0 saturated carbocycles. The third kappa shape index (κ3) is 2.30. The molecule has 17 heavy (non-hydrogen) atoms. The normalized spacial score (nSPS) is 10.9. The van der Waals surface area contributed by atoms with Gasteiger partial charge in [0.25, 0.3) is 0 Å². The average Bonchev–Trinajstić information content (AvgIpc) is 2.72. The van der Waals surface area contributed by atoms with Gasteiger partial charge in [0.15, 0.2) is 5.82 Å². The van der Waals surface area contributed by atoms with Gasteiger partial charge in [-0.05, 0) is 45.0 Å². The van der Waals surface area contributed by atoms with Crippen molar-refractivity contribution in [3.8, 4) is 17.1 Å². The first-order chi connectivity index (χ1) is 8.11. The Labute approximate surface area is 101 Å². The number of aryl methyl sites for hydroxylation is 1. The van der Waals surface area contributed by atoms with E-state index < -0.39 is 0 Å². The first kappa shape index (κ1) is 11.6. The molecular weight excluding hydrogens is 214 g/mol. The average molecular weight is 231 g/mol. The van der Waals surface area contributed by atoms with Gasteiger partial charge in [-0.1, -0.05) is 0 Å². The van der Waals surface area contributed by atoms with Crippen molar-refractivity contribution in [1.29, 1.82) is 0 Å². The van der Waals surface area contributed by atoms with Gasteiger partial charge in [-0.3, -0.25) is 0 Å². The molecule has 0 spiro atoms. The lowest BCUT2D eigenvalue weighted by Crippen LogP contribution is -2.05. The van der Waals surface area contributed by atoms with Gasteiger partial charge in [-0.15, -0.1) is 0 Å². The van der Waals surface area contributed by atoms with Crippen LogP contribution in [-0.4, -0.2) is 21.9 Å². The van der Waals surface area contributed by atoms with Crippen molar-refractivity contribution in [2.24, 2.45) is 0 Å². The van der Waals surface area contributed by atoms with E-state index >= 15 is 0 Å². The van der Waals surface area contributed by atoms with Gasteiger partial charge in [0.1, 0.15) is 11.6 Å². The zero-order chi connectivity index (χ0) is 12.4. The number of hydrogen-bond donors (Lipinski definition) is 0. The van der Waals surface area contributed by atoms with Crippen molar-refractivity contribution in [1.82, 2.24) is 14.8 Å². The topological polar surface area (TPSA) is 39.9 Å². The molecule has 1 heterocycles. The van der Waals surface area contributed by atoms with Gasteiger partial charge in [0.2, 0.25) is 0 Å². The summed E-state index contributed by atoms with van der Waals surface area (Å²) in [7, 11) is 1.66. The predicted molar refractivity (Wildman–Crippen MR) is 67.1 cm³/mol. The van der Waals surface area contributed by atoms with Crippen molar-refractivity contribution in [3.63, 3.8) is 0 Å². The molecule has 0 fully saturated rings. The summed E-state index contributed by atoms with van der Waals surface area (Å²) in [5.74, 6) is 2.55. The molecule has 0 aliphatic heterocycles. The lowest BCUT2D eigenvalue weighted by Gasteiger charge is -2.09. The lowest BCUT2D eigenvalue weighted by atomic mass is 10.2. The SMILES string of the molecule is COc1ccc(-c2nc(C)nn2C(C)C)cc1. The van der Waals surface area contributed by atoms with Crippen LogP contribution in [0.3, 0.4) is 0 Å². The Balaban J connectivity index is 2.44. The summed E-state index contributed by atoms with van der Waals surface area (Å²) in [4.78, 5) is 4.47. The van der Waals surface area contributed by atoms with E-state index in [0.29, 0.717) is 6.04 Å². The fourth-order valence-corrected chi connectivity index (χ4v) is 1.73. The second kappa shape index (κ2) is 4.57. The van der Waals surface area contributed by atoms with Crippen LogP contribution in [0.1, 0.15) is 25.7 Å². The monoisotopic (exact) mass is 231 g/mol. The molecular formula is C13H17N3O. The number of ether oxygens (including phenoxy) is 1. The smallest absolute Gasteiger partial charge is 0.158 e. The Morgan fingerprint density at radius 1 is 1.18 bits per heavy atom. The van der Waals surface area contributed by atoms with Gasteiger partial charge in [-0.25, -0.2) is 9.67 Å². The zero-order valence-electron chi connectivity index (χ0n) is 10.6. The minimum atomic E-state index is 0.299. The summed E-state index contributed by atoms with van der Waals surface area (Å²) < 4.78 is 7.09. The number of rotatable bonds is 3. The second-order valence-electron chi connectivity index (χ2n) is 4.25. The van der Waals surface area contributed by atoms with E-state index in [1.165, 1.54) is 0 Å². The van der Waals surface area contributed by atoms with E-state index in [9.17, 15) is 0 Å². The van der Waals surface area contributed by atoms with E-state index in [0.717, 1.165) is 23.0 Å². The molecule has 4 nitrogen and oxygen atoms in total. The maximum Gasteiger partial charge on any atom is 0.158 e. The van der Waals surface area contributed by atoms with E-state index in [-0.39, 0.29) is 0 Å². The summed E-state index contributed by atoms with van der Waals surface area (Å²) in [5.41, 5.74) is 1.06. The van der Waals surface area contributed by atoms with Gasteiger partial charge in [0.05, 0.1) is 7.11 Å². The van der Waals surface area contributed by atoms with Crippen LogP contribution in [-0.2, 0) is 0 Å². The standard InChI is InChI=1S/C13H17N3O/c1-9(2)16-13(14-10(3)15-16)11-5-7-12(17-4)8-6-11/h5-9H,1-4H3. The third-order valence-electron chi connectivity index (χ3n) is 2.57. The predicted octanol–water partition coefficient (Wildman–Crippen LogP) is 2.84. The Hall–Kier alpha value is -1.84. The van der Waals surface area contributed by atoms with Gasteiger partial charge < -0.3 is 4.74 Å². The van der Waals surface area contributed by atoms with Crippen molar-refractivity contribution in [2.45, 2.75) is 26.8 Å².